The van der Waals surface area contributed by atoms with Gasteiger partial charge in [0, 0.05) is 24.0 Å². The molecule has 0 spiro atoms. The number of fused-ring (bicyclic) bond motifs is 1. The van der Waals surface area contributed by atoms with E-state index >= 15 is 0 Å². The number of hydrogen-bond donors (Lipinski definition) is 3. The van der Waals surface area contributed by atoms with E-state index in [0.29, 0.717) is 17.8 Å². The fourth-order valence-electron chi connectivity index (χ4n) is 3.30. The van der Waals surface area contributed by atoms with Crippen LogP contribution >= 0.6 is 0 Å². The molecule has 136 valence electrons. The van der Waals surface area contributed by atoms with Crippen LogP contribution in [0.25, 0.3) is 0 Å². The monoisotopic (exact) mass is 363 g/mol. The molecule has 2 aromatic carbocycles. The first kappa shape index (κ1) is 17.0. The molecule has 0 atom stereocenters. The van der Waals surface area contributed by atoms with E-state index in [1.54, 1.807) is 18.3 Å². The number of nitrogens with one attached hydrogen (secondary N) is 2. The third kappa shape index (κ3) is 3.60. The van der Waals surface area contributed by atoms with Gasteiger partial charge in [-0.2, -0.15) is 0 Å². The Hall–Kier alpha value is -3.41. The highest BCUT2D eigenvalue weighted by Crippen LogP contribution is 2.26. The number of pyridine rings is 1. The average Bonchev–Trinajstić information content (AvgIpc) is 3.14. The van der Waals surface area contributed by atoms with Gasteiger partial charge >= 0.3 is 0 Å². The maximum atomic E-state index is 13.2. The number of amides is 1. The summed E-state index contributed by atoms with van der Waals surface area (Å²) >= 11 is 0. The number of hydrogen-bond acceptors (Lipinski definition) is 4. The van der Waals surface area contributed by atoms with E-state index < -0.39 is 5.82 Å². The highest BCUT2D eigenvalue weighted by molar-refractivity contribution is 6.06. The normalized spacial score (nSPS) is 12.3. The van der Waals surface area contributed by atoms with Crippen molar-refractivity contribution in [2.45, 2.75) is 12.8 Å². The highest BCUT2D eigenvalue weighted by Gasteiger charge is 2.18. The minimum Gasteiger partial charge on any atom is -0.505 e. The van der Waals surface area contributed by atoms with Gasteiger partial charge in [-0.15, -0.1) is 0 Å². The van der Waals surface area contributed by atoms with E-state index in [2.05, 4.69) is 15.6 Å². The lowest BCUT2D eigenvalue weighted by atomic mass is 10.0. The smallest absolute Gasteiger partial charge is 0.257 e. The second-order valence-corrected chi connectivity index (χ2v) is 6.47. The molecule has 4 rings (SSSR count). The fourth-order valence-corrected chi connectivity index (χ4v) is 3.30. The molecule has 6 heteroatoms. The second kappa shape index (κ2) is 7.07. The number of benzene rings is 2. The lowest BCUT2D eigenvalue weighted by Crippen LogP contribution is -2.15. The average molecular weight is 363 g/mol. The zero-order valence-electron chi connectivity index (χ0n) is 14.5. The van der Waals surface area contributed by atoms with Gasteiger partial charge in [0.2, 0.25) is 0 Å². The summed E-state index contributed by atoms with van der Waals surface area (Å²) in [5.74, 6) is -0.764. The number of carbonyl (C=O) groups is 1. The largest absolute Gasteiger partial charge is 0.505 e. The molecule has 1 aliphatic rings. The topological polar surface area (TPSA) is 74.2 Å². The summed E-state index contributed by atoms with van der Waals surface area (Å²) in [6, 6.07) is 13.5. The molecular formula is C21H18FN3O2. The molecule has 27 heavy (non-hydrogen) atoms. The van der Waals surface area contributed by atoms with Crippen molar-refractivity contribution < 1.29 is 14.3 Å². The summed E-state index contributed by atoms with van der Waals surface area (Å²) in [5.41, 5.74) is 4.33. The van der Waals surface area contributed by atoms with Crippen molar-refractivity contribution in [1.29, 1.82) is 0 Å². The molecule has 1 aliphatic heterocycles. The van der Waals surface area contributed by atoms with Crippen LogP contribution in [0.3, 0.4) is 0 Å². The fraction of sp³-hybridized carbons (Fsp3) is 0.143. The van der Waals surface area contributed by atoms with Crippen LogP contribution in [-0.4, -0.2) is 22.5 Å². The number of phenolic OH excluding ortho intramolecular Hbond substituents is 1. The van der Waals surface area contributed by atoms with E-state index in [0.717, 1.165) is 35.3 Å². The van der Waals surface area contributed by atoms with E-state index in [4.69, 9.17) is 0 Å². The predicted molar refractivity (Wildman–Crippen MR) is 102 cm³/mol. The second-order valence-electron chi connectivity index (χ2n) is 6.47. The van der Waals surface area contributed by atoms with E-state index in [1.165, 1.54) is 12.1 Å². The Kier molecular flexibility index (Phi) is 4.46. The Morgan fingerprint density at radius 2 is 2.04 bits per heavy atom. The zero-order valence-corrected chi connectivity index (χ0v) is 14.5. The van der Waals surface area contributed by atoms with Gasteiger partial charge < -0.3 is 15.7 Å². The van der Waals surface area contributed by atoms with Crippen LogP contribution in [0.4, 0.5) is 15.9 Å². The van der Waals surface area contributed by atoms with Crippen molar-refractivity contribution in [2.24, 2.45) is 0 Å². The van der Waals surface area contributed by atoms with Crippen LogP contribution in [0.15, 0.2) is 54.7 Å². The maximum Gasteiger partial charge on any atom is 0.257 e. The lowest BCUT2D eigenvalue weighted by Gasteiger charge is -2.10. The van der Waals surface area contributed by atoms with E-state index in [9.17, 15) is 14.3 Å². The molecule has 0 bridgehead atoms. The van der Waals surface area contributed by atoms with Crippen molar-refractivity contribution in [3.05, 3.63) is 82.8 Å². The Balaban J connectivity index is 1.52. The molecule has 3 aromatic rings. The Morgan fingerprint density at radius 1 is 1.19 bits per heavy atom. The van der Waals surface area contributed by atoms with Crippen LogP contribution in [0, 0.1) is 5.82 Å². The number of rotatable bonds is 4. The summed E-state index contributed by atoms with van der Waals surface area (Å²) in [7, 11) is 0. The minimum absolute atomic E-state index is 0.195. The molecule has 1 amide bonds. The van der Waals surface area contributed by atoms with Gasteiger partial charge in [-0.3, -0.25) is 4.79 Å². The van der Waals surface area contributed by atoms with Gasteiger partial charge in [0.1, 0.15) is 5.82 Å². The van der Waals surface area contributed by atoms with Crippen LogP contribution in [0.2, 0.25) is 0 Å². The summed E-state index contributed by atoms with van der Waals surface area (Å²) in [4.78, 5) is 16.9. The van der Waals surface area contributed by atoms with E-state index in [-0.39, 0.29) is 11.7 Å². The van der Waals surface area contributed by atoms with Crippen LogP contribution in [0.1, 0.15) is 27.0 Å². The number of phenols is 1. The van der Waals surface area contributed by atoms with Gasteiger partial charge in [-0.05, 0) is 65.9 Å². The zero-order chi connectivity index (χ0) is 18.8. The molecule has 2 heterocycles. The SMILES string of the molecule is O=C(Nc1cc(Cc2ccc(F)c(O)c2)ccn1)c1cccc2c1CCN2. The number of nitrogens with zero attached hydrogens (tertiary/aromatic N) is 1. The van der Waals surface area contributed by atoms with Crippen molar-refractivity contribution in [1.82, 2.24) is 4.98 Å². The van der Waals surface area contributed by atoms with Crippen molar-refractivity contribution in [2.75, 3.05) is 17.2 Å². The predicted octanol–water partition coefficient (Wildman–Crippen LogP) is 3.74. The number of carbonyl (C=O) groups excluding carboxylic acids is 1. The minimum atomic E-state index is -0.647. The molecule has 5 nitrogen and oxygen atoms in total. The molecule has 0 aliphatic carbocycles. The first-order chi connectivity index (χ1) is 13.1. The molecule has 1 aromatic heterocycles. The first-order valence-electron chi connectivity index (χ1n) is 8.69. The van der Waals surface area contributed by atoms with E-state index in [1.807, 2.05) is 24.3 Å². The molecule has 0 radical (unpaired) electrons. The van der Waals surface area contributed by atoms with Crippen molar-refractivity contribution >= 4 is 17.4 Å². The van der Waals surface area contributed by atoms with Crippen molar-refractivity contribution in [3.63, 3.8) is 0 Å². The van der Waals surface area contributed by atoms with Gasteiger partial charge in [0.05, 0.1) is 0 Å². The highest BCUT2D eigenvalue weighted by atomic mass is 19.1. The Labute approximate surface area is 155 Å². The Morgan fingerprint density at radius 3 is 2.89 bits per heavy atom. The summed E-state index contributed by atoms with van der Waals surface area (Å²) in [6.45, 7) is 0.831. The number of aromatic nitrogens is 1. The third-order valence-electron chi connectivity index (χ3n) is 4.60. The lowest BCUT2D eigenvalue weighted by molar-refractivity contribution is 0.102. The first-order valence-corrected chi connectivity index (χ1v) is 8.69. The Bertz CT molecular complexity index is 1020. The molecule has 0 saturated heterocycles. The molecule has 0 unspecified atom stereocenters. The summed E-state index contributed by atoms with van der Waals surface area (Å²) in [6.07, 6.45) is 2.93. The number of halogens is 1. The third-order valence-corrected chi connectivity index (χ3v) is 4.60. The number of anilines is 2. The quantitative estimate of drug-likeness (QED) is 0.660. The molecular weight excluding hydrogens is 345 g/mol. The standard InChI is InChI=1S/C21H18FN3O2/c22-17-5-4-13(11-19(17)26)10-14-6-8-24-20(12-14)25-21(27)16-2-1-3-18-15(16)7-9-23-18/h1-6,8,11-12,23,26H,7,9-10H2,(H,24,25,27). The molecule has 0 saturated carbocycles. The van der Waals surface area contributed by atoms with Gasteiger partial charge in [-0.25, -0.2) is 9.37 Å². The van der Waals surface area contributed by atoms with Gasteiger partial charge in [0.15, 0.2) is 11.6 Å². The summed E-state index contributed by atoms with van der Waals surface area (Å²) < 4.78 is 13.2. The summed E-state index contributed by atoms with van der Waals surface area (Å²) in [5, 5.41) is 15.6. The maximum absolute atomic E-state index is 13.2. The van der Waals surface area contributed by atoms with Crippen molar-refractivity contribution in [3.8, 4) is 5.75 Å². The van der Waals surface area contributed by atoms with Crippen LogP contribution in [0.5, 0.6) is 5.75 Å². The molecule has 0 fully saturated rings. The number of aromatic hydroxyl groups is 1. The van der Waals surface area contributed by atoms with Gasteiger partial charge in [0.25, 0.3) is 5.91 Å². The molecule has 3 N–H and O–H groups in total. The van der Waals surface area contributed by atoms with Crippen LogP contribution < -0.4 is 10.6 Å². The van der Waals surface area contributed by atoms with Gasteiger partial charge in [-0.1, -0.05) is 12.1 Å². The van der Waals surface area contributed by atoms with Crippen LogP contribution in [-0.2, 0) is 12.8 Å².